The third kappa shape index (κ3) is 6.54. The number of sulfone groups is 1. The van der Waals surface area contributed by atoms with Gasteiger partial charge in [-0.1, -0.05) is 12.1 Å². The van der Waals surface area contributed by atoms with Gasteiger partial charge in [0.25, 0.3) is 0 Å². The van der Waals surface area contributed by atoms with Crippen LogP contribution in [-0.4, -0.2) is 45.6 Å². The number of hydrogen-bond donors (Lipinski definition) is 2. The highest BCUT2D eigenvalue weighted by Crippen LogP contribution is 2.14. The van der Waals surface area contributed by atoms with Gasteiger partial charge in [0.15, 0.2) is 15.8 Å². The van der Waals surface area contributed by atoms with Crippen LogP contribution in [0.3, 0.4) is 0 Å². The van der Waals surface area contributed by atoms with Crippen LogP contribution in [0, 0.1) is 0 Å². The summed E-state index contributed by atoms with van der Waals surface area (Å²) in [7, 11) is -1.26. The number of nitrogens with one attached hydrogen (secondary N) is 2. The predicted molar refractivity (Wildman–Crippen MR) is 103 cm³/mol. The first kappa shape index (κ1) is 20.0. The van der Waals surface area contributed by atoms with Crippen molar-refractivity contribution in [3.63, 3.8) is 0 Å². The molecule has 1 heterocycles. The van der Waals surface area contributed by atoms with Crippen molar-refractivity contribution in [3.05, 3.63) is 29.8 Å². The van der Waals surface area contributed by atoms with E-state index in [0.717, 1.165) is 17.9 Å². The summed E-state index contributed by atoms with van der Waals surface area (Å²) in [6, 6.07) is 7.67. The van der Waals surface area contributed by atoms with Gasteiger partial charge in [-0.05, 0) is 31.0 Å². The molecule has 0 radical (unpaired) electrons. The molecule has 1 aliphatic rings. The molecule has 2 N–H and O–H groups in total. The van der Waals surface area contributed by atoms with Gasteiger partial charge in [-0.3, -0.25) is 0 Å². The average Bonchev–Trinajstić information content (AvgIpc) is 2.84. The molecule has 1 aromatic carbocycles. The standard InChI is InChI=1S/C15H23N3O3S.HI/c1-3-16-15(18-13-7-8-22(19,20)11-13)17-10-12-5-4-6-14(9-12)21-2;/h4-6,9,13H,3,7-8,10-11H2,1-2H3,(H2,16,17,18);1H. The summed E-state index contributed by atoms with van der Waals surface area (Å²) in [5.41, 5.74) is 1.04. The minimum atomic E-state index is -2.89. The van der Waals surface area contributed by atoms with E-state index in [2.05, 4.69) is 15.6 Å². The van der Waals surface area contributed by atoms with Gasteiger partial charge in [-0.15, -0.1) is 24.0 Å². The Hall–Kier alpha value is -1.03. The maximum absolute atomic E-state index is 11.5. The van der Waals surface area contributed by atoms with E-state index in [4.69, 9.17) is 4.74 Å². The fourth-order valence-electron chi connectivity index (χ4n) is 2.36. The molecule has 1 unspecified atom stereocenters. The highest BCUT2D eigenvalue weighted by atomic mass is 127. The molecule has 1 saturated heterocycles. The summed E-state index contributed by atoms with van der Waals surface area (Å²) in [6.07, 6.45) is 0.631. The second kappa shape index (κ2) is 9.31. The molecular formula is C15H24IN3O3S. The molecule has 0 spiro atoms. The van der Waals surface area contributed by atoms with Crippen molar-refractivity contribution in [2.45, 2.75) is 25.9 Å². The Morgan fingerprint density at radius 3 is 2.83 bits per heavy atom. The second-order valence-corrected chi connectivity index (χ2v) is 7.52. The van der Waals surface area contributed by atoms with Gasteiger partial charge in [0.1, 0.15) is 5.75 Å². The van der Waals surface area contributed by atoms with Crippen LogP contribution in [0.5, 0.6) is 5.75 Å². The van der Waals surface area contributed by atoms with E-state index >= 15 is 0 Å². The highest BCUT2D eigenvalue weighted by molar-refractivity contribution is 14.0. The van der Waals surface area contributed by atoms with Crippen molar-refractivity contribution in [2.24, 2.45) is 4.99 Å². The maximum atomic E-state index is 11.5. The molecule has 1 aliphatic heterocycles. The lowest BCUT2D eigenvalue weighted by atomic mass is 10.2. The van der Waals surface area contributed by atoms with Crippen molar-refractivity contribution in [3.8, 4) is 5.75 Å². The Kier molecular flexibility index (Phi) is 8.10. The van der Waals surface area contributed by atoms with E-state index in [9.17, 15) is 8.42 Å². The molecule has 0 bridgehead atoms. The van der Waals surface area contributed by atoms with E-state index in [0.29, 0.717) is 18.9 Å². The zero-order valence-corrected chi connectivity index (χ0v) is 16.6. The number of rotatable bonds is 5. The minimum absolute atomic E-state index is 0. The van der Waals surface area contributed by atoms with Gasteiger partial charge in [0.2, 0.25) is 0 Å². The monoisotopic (exact) mass is 453 g/mol. The number of nitrogens with zero attached hydrogens (tertiary/aromatic N) is 1. The molecule has 6 nitrogen and oxygen atoms in total. The van der Waals surface area contributed by atoms with Crippen molar-refractivity contribution in [1.82, 2.24) is 10.6 Å². The first-order valence-electron chi connectivity index (χ1n) is 7.40. The summed E-state index contributed by atoms with van der Waals surface area (Å²) in [6.45, 7) is 3.21. The first-order chi connectivity index (χ1) is 10.5. The zero-order chi connectivity index (χ0) is 16.0. The van der Waals surface area contributed by atoms with Crippen LogP contribution in [-0.2, 0) is 16.4 Å². The Morgan fingerprint density at radius 2 is 2.22 bits per heavy atom. The summed E-state index contributed by atoms with van der Waals surface area (Å²) < 4.78 is 28.2. The molecule has 8 heteroatoms. The first-order valence-corrected chi connectivity index (χ1v) is 9.23. The number of halogens is 1. The lowest BCUT2D eigenvalue weighted by Gasteiger charge is -2.15. The van der Waals surface area contributed by atoms with E-state index in [1.165, 1.54) is 0 Å². The third-order valence-electron chi connectivity index (χ3n) is 3.47. The van der Waals surface area contributed by atoms with Crippen molar-refractivity contribution in [2.75, 3.05) is 25.2 Å². The van der Waals surface area contributed by atoms with Crippen LogP contribution in [0.25, 0.3) is 0 Å². The smallest absolute Gasteiger partial charge is 0.191 e. The number of guanidine groups is 1. The van der Waals surface area contributed by atoms with Crippen LogP contribution < -0.4 is 15.4 Å². The number of ether oxygens (including phenoxy) is 1. The molecule has 2 rings (SSSR count). The highest BCUT2D eigenvalue weighted by Gasteiger charge is 2.28. The molecule has 23 heavy (non-hydrogen) atoms. The Bertz CT molecular complexity index is 635. The summed E-state index contributed by atoms with van der Waals surface area (Å²) >= 11 is 0. The molecule has 1 aromatic rings. The predicted octanol–water partition coefficient (Wildman–Crippen LogP) is 1.56. The van der Waals surface area contributed by atoms with Crippen molar-refractivity contribution in [1.29, 1.82) is 0 Å². The quantitative estimate of drug-likeness (QED) is 0.402. The third-order valence-corrected chi connectivity index (χ3v) is 5.24. The summed E-state index contributed by atoms with van der Waals surface area (Å²) in [5.74, 6) is 1.87. The Labute approximate surface area is 155 Å². The second-order valence-electron chi connectivity index (χ2n) is 5.29. The van der Waals surface area contributed by atoms with E-state index in [-0.39, 0.29) is 41.5 Å². The maximum Gasteiger partial charge on any atom is 0.191 e. The molecule has 1 fully saturated rings. The van der Waals surface area contributed by atoms with Crippen LogP contribution in [0.15, 0.2) is 29.3 Å². The van der Waals surface area contributed by atoms with Crippen LogP contribution in [0.4, 0.5) is 0 Å². The molecular weight excluding hydrogens is 429 g/mol. The number of methoxy groups -OCH3 is 1. The summed E-state index contributed by atoms with van der Waals surface area (Å²) in [5, 5.41) is 6.35. The molecule has 130 valence electrons. The lowest BCUT2D eigenvalue weighted by Crippen LogP contribution is -2.44. The topological polar surface area (TPSA) is 79.8 Å². The van der Waals surface area contributed by atoms with Crippen LogP contribution in [0.1, 0.15) is 18.9 Å². The molecule has 0 saturated carbocycles. The van der Waals surface area contributed by atoms with Gasteiger partial charge < -0.3 is 15.4 Å². The van der Waals surface area contributed by atoms with Crippen molar-refractivity contribution >= 4 is 39.8 Å². The van der Waals surface area contributed by atoms with Crippen molar-refractivity contribution < 1.29 is 13.2 Å². The van der Waals surface area contributed by atoms with E-state index < -0.39 is 9.84 Å². The Balaban J connectivity index is 0.00000264. The van der Waals surface area contributed by atoms with E-state index in [1.807, 2.05) is 31.2 Å². The van der Waals surface area contributed by atoms with E-state index in [1.54, 1.807) is 7.11 Å². The SMILES string of the molecule is CCNC(=NCc1cccc(OC)c1)NC1CCS(=O)(=O)C1.I. The molecule has 1 atom stereocenters. The number of hydrogen-bond acceptors (Lipinski definition) is 4. The zero-order valence-electron chi connectivity index (χ0n) is 13.4. The fraction of sp³-hybridized carbons (Fsp3) is 0.533. The summed E-state index contributed by atoms with van der Waals surface area (Å²) in [4.78, 5) is 4.51. The fourth-order valence-corrected chi connectivity index (χ4v) is 4.04. The lowest BCUT2D eigenvalue weighted by molar-refractivity contribution is 0.414. The van der Waals surface area contributed by atoms with Crippen LogP contribution in [0.2, 0.25) is 0 Å². The molecule has 0 aromatic heterocycles. The molecule has 0 amide bonds. The normalized spacial score (nSPS) is 19.7. The van der Waals surface area contributed by atoms with Gasteiger partial charge in [-0.2, -0.15) is 0 Å². The van der Waals surface area contributed by atoms with Gasteiger partial charge in [0, 0.05) is 12.6 Å². The van der Waals surface area contributed by atoms with Gasteiger partial charge in [0.05, 0.1) is 25.2 Å². The average molecular weight is 453 g/mol. The number of aliphatic imine (C=N–C) groups is 1. The molecule has 0 aliphatic carbocycles. The minimum Gasteiger partial charge on any atom is -0.497 e. The Morgan fingerprint density at radius 1 is 1.43 bits per heavy atom. The van der Waals surface area contributed by atoms with Crippen LogP contribution >= 0.6 is 24.0 Å². The van der Waals surface area contributed by atoms with Gasteiger partial charge >= 0.3 is 0 Å². The van der Waals surface area contributed by atoms with Gasteiger partial charge in [-0.25, -0.2) is 13.4 Å². The largest absolute Gasteiger partial charge is 0.497 e. The number of benzene rings is 1.